The molecular formula is C15H24O4. The Morgan fingerprint density at radius 1 is 1.21 bits per heavy atom. The van der Waals surface area contributed by atoms with Crippen molar-refractivity contribution in [2.24, 2.45) is 22.7 Å². The summed E-state index contributed by atoms with van der Waals surface area (Å²) in [5.74, 6) is 0.311. The average molecular weight is 268 g/mol. The summed E-state index contributed by atoms with van der Waals surface area (Å²) in [6.07, 6.45) is 2.88. The lowest BCUT2D eigenvalue weighted by Crippen LogP contribution is -2.64. The fraction of sp³-hybridized carbons (Fsp3) is 1.00. The van der Waals surface area contributed by atoms with E-state index in [-0.39, 0.29) is 41.5 Å². The van der Waals surface area contributed by atoms with Crippen LogP contribution in [0, 0.1) is 22.7 Å². The van der Waals surface area contributed by atoms with Crippen molar-refractivity contribution in [3.05, 3.63) is 0 Å². The zero-order valence-electron chi connectivity index (χ0n) is 11.7. The highest BCUT2D eigenvalue weighted by Crippen LogP contribution is 2.76. The zero-order chi connectivity index (χ0) is 13.7. The molecule has 0 aromatic rings. The average Bonchev–Trinajstić information content (AvgIpc) is 3.09. The molecule has 0 radical (unpaired) electrons. The summed E-state index contributed by atoms with van der Waals surface area (Å²) in [7, 11) is 0. The molecule has 4 heteroatoms. The van der Waals surface area contributed by atoms with E-state index in [0.29, 0.717) is 0 Å². The number of fused-ring (bicyclic) bond motifs is 2. The molecule has 2 bridgehead atoms. The van der Waals surface area contributed by atoms with Gasteiger partial charge in [0, 0.05) is 12.0 Å². The maximum absolute atomic E-state index is 11.0. The molecule has 1 aliphatic heterocycles. The van der Waals surface area contributed by atoms with Gasteiger partial charge >= 0.3 is 0 Å². The Morgan fingerprint density at radius 2 is 1.89 bits per heavy atom. The van der Waals surface area contributed by atoms with E-state index in [9.17, 15) is 15.3 Å². The van der Waals surface area contributed by atoms with Crippen LogP contribution in [0.25, 0.3) is 0 Å². The van der Waals surface area contributed by atoms with Crippen molar-refractivity contribution < 1.29 is 20.1 Å². The quantitative estimate of drug-likeness (QED) is 0.654. The van der Waals surface area contributed by atoms with Gasteiger partial charge in [-0.1, -0.05) is 6.92 Å². The normalized spacial score (nSPS) is 61.4. The summed E-state index contributed by atoms with van der Waals surface area (Å²) in [5, 5.41) is 31.4. The first-order valence-electron chi connectivity index (χ1n) is 7.47. The molecule has 108 valence electrons. The predicted molar refractivity (Wildman–Crippen MR) is 68.4 cm³/mol. The maximum Gasteiger partial charge on any atom is 0.122 e. The summed E-state index contributed by atoms with van der Waals surface area (Å²) in [6.45, 7) is 4.63. The molecule has 4 aliphatic rings. The van der Waals surface area contributed by atoms with Crippen LogP contribution in [0.1, 0.15) is 39.5 Å². The van der Waals surface area contributed by atoms with Crippen molar-refractivity contribution in [2.75, 3.05) is 13.2 Å². The first kappa shape index (κ1) is 12.6. The SMILES string of the molecule is CC1(CO)CC2C(O)C3(O)COC(C)(C2C1)C31CC1. The fourth-order valence-corrected chi connectivity index (χ4v) is 5.75. The number of hydrogen-bond donors (Lipinski definition) is 3. The second kappa shape index (κ2) is 3.19. The van der Waals surface area contributed by atoms with E-state index in [0.717, 1.165) is 25.7 Å². The number of hydrogen-bond acceptors (Lipinski definition) is 4. The summed E-state index contributed by atoms with van der Waals surface area (Å²) >= 11 is 0. The Balaban J connectivity index is 1.81. The largest absolute Gasteiger partial charge is 0.396 e. The number of ether oxygens (including phenoxy) is 1. The van der Waals surface area contributed by atoms with Crippen molar-refractivity contribution in [2.45, 2.75) is 56.8 Å². The molecule has 1 spiro atoms. The van der Waals surface area contributed by atoms with Crippen LogP contribution in [0.3, 0.4) is 0 Å². The van der Waals surface area contributed by atoms with Crippen molar-refractivity contribution in [1.82, 2.24) is 0 Å². The number of aliphatic hydroxyl groups is 3. The Kier molecular flexibility index (Phi) is 2.11. The van der Waals surface area contributed by atoms with Gasteiger partial charge in [0.15, 0.2) is 0 Å². The first-order valence-corrected chi connectivity index (χ1v) is 7.47. The van der Waals surface area contributed by atoms with E-state index < -0.39 is 11.7 Å². The molecule has 4 fully saturated rings. The molecule has 0 aromatic carbocycles. The third-order valence-electron chi connectivity index (χ3n) is 7.06. The highest BCUT2D eigenvalue weighted by atomic mass is 16.5. The van der Waals surface area contributed by atoms with Gasteiger partial charge in [0.2, 0.25) is 0 Å². The lowest BCUT2D eigenvalue weighted by Gasteiger charge is -2.51. The van der Waals surface area contributed by atoms with Crippen LogP contribution < -0.4 is 0 Å². The highest BCUT2D eigenvalue weighted by molar-refractivity contribution is 5.31. The van der Waals surface area contributed by atoms with Crippen LogP contribution in [0.4, 0.5) is 0 Å². The van der Waals surface area contributed by atoms with E-state index in [4.69, 9.17) is 4.74 Å². The molecule has 6 atom stereocenters. The predicted octanol–water partition coefficient (Wildman–Crippen LogP) is 0.686. The van der Waals surface area contributed by atoms with Crippen LogP contribution in [0.15, 0.2) is 0 Å². The molecular weight excluding hydrogens is 244 g/mol. The maximum atomic E-state index is 11.0. The molecule has 1 heterocycles. The van der Waals surface area contributed by atoms with Crippen LogP contribution in [-0.4, -0.2) is 45.8 Å². The molecule has 3 N–H and O–H groups in total. The van der Waals surface area contributed by atoms with Gasteiger partial charge in [-0.25, -0.2) is 0 Å². The Bertz CT molecular complexity index is 434. The molecule has 3 saturated carbocycles. The first-order chi connectivity index (χ1) is 8.82. The second-order valence-electron chi connectivity index (χ2n) is 7.99. The summed E-state index contributed by atoms with van der Waals surface area (Å²) < 4.78 is 6.08. The van der Waals surface area contributed by atoms with E-state index in [1.165, 1.54) is 0 Å². The number of rotatable bonds is 1. The molecule has 6 unspecified atom stereocenters. The third-order valence-corrected chi connectivity index (χ3v) is 7.06. The minimum atomic E-state index is -1.07. The molecule has 19 heavy (non-hydrogen) atoms. The minimum absolute atomic E-state index is 0.0564. The fourth-order valence-electron chi connectivity index (χ4n) is 5.75. The Morgan fingerprint density at radius 3 is 2.47 bits per heavy atom. The van der Waals surface area contributed by atoms with Gasteiger partial charge < -0.3 is 20.1 Å². The smallest absolute Gasteiger partial charge is 0.122 e. The Labute approximate surface area is 113 Å². The van der Waals surface area contributed by atoms with Gasteiger partial charge in [-0.15, -0.1) is 0 Å². The highest BCUT2D eigenvalue weighted by Gasteiger charge is 2.82. The van der Waals surface area contributed by atoms with Gasteiger partial charge in [0.1, 0.15) is 5.60 Å². The van der Waals surface area contributed by atoms with Crippen molar-refractivity contribution in [1.29, 1.82) is 0 Å². The summed E-state index contributed by atoms with van der Waals surface area (Å²) in [5.41, 5.74) is -1.76. The van der Waals surface area contributed by atoms with E-state index >= 15 is 0 Å². The lowest BCUT2D eigenvalue weighted by atomic mass is 9.57. The topological polar surface area (TPSA) is 69.9 Å². The number of aliphatic hydroxyl groups excluding tert-OH is 2. The monoisotopic (exact) mass is 268 g/mol. The van der Waals surface area contributed by atoms with Gasteiger partial charge in [-0.3, -0.25) is 0 Å². The molecule has 3 aliphatic carbocycles. The van der Waals surface area contributed by atoms with Crippen molar-refractivity contribution >= 4 is 0 Å². The van der Waals surface area contributed by atoms with Gasteiger partial charge in [-0.2, -0.15) is 0 Å². The molecule has 0 aromatic heterocycles. The third kappa shape index (κ3) is 1.13. The van der Waals surface area contributed by atoms with Crippen molar-refractivity contribution in [3.8, 4) is 0 Å². The minimum Gasteiger partial charge on any atom is -0.396 e. The molecule has 0 amide bonds. The summed E-state index contributed by atoms with van der Waals surface area (Å²) in [4.78, 5) is 0. The van der Waals surface area contributed by atoms with E-state index in [1.807, 2.05) is 0 Å². The second-order valence-corrected chi connectivity index (χ2v) is 7.99. The summed E-state index contributed by atoms with van der Waals surface area (Å²) in [6, 6.07) is 0. The van der Waals surface area contributed by atoms with Gasteiger partial charge in [0.25, 0.3) is 0 Å². The van der Waals surface area contributed by atoms with Gasteiger partial charge in [0.05, 0.1) is 18.3 Å². The van der Waals surface area contributed by atoms with Crippen LogP contribution in [0.2, 0.25) is 0 Å². The molecule has 1 saturated heterocycles. The molecule has 4 rings (SSSR count). The molecule has 4 nitrogen and oxygen atoms in total. The van der Waals surface area contributed by atoms with Crippen LogP contribution in [0.5, 0.6) is 0 Å². The Hall–Kier alpha value is -0.160. The zero-order valence-corrected chi connectivity index (χ0v) is 11.7. The standard InChI is InChI=1S/C15H24O4/c1-12(7-16)5-9-10(6-12)13(2)14(3-4-14)15(18,8-19-13)11(9)17/h9-11,16-18H,3-8H2,1-2H3. The van der Waals surface area contributed by atoms with Gasteiger partial charge in [-0.05, 0) is 49.9 Å². The lowest BCUT2D eigenvalue weighted by molar-refractivity contribution is -0.180. The van der Waals surface area contributed by atoms with Crippen LogP contribution >= 0.6 is 0 Å². The van der Waals surface area contributed by atoms with E-state index in [2.05, 4.69) is 13.8 Å². The van der Waals surface area contributed by atoms with Crippen LogP contribution in [-0.2, 0) is 4.74 Å². The van der Waals surface area contributed by atoms with E-state index in [1.54, 1.807) is 0 Å². The van der Waals surface area contributed by atoms with Crippen molar-refractivity contribution in [3.63, 3.8) is 0 Å².